The van der Waals surface area contributed by atoms with E-state index in [2.05, 4.69) is 25.5 Å². The molecule has 1 aliphatic heterocycles. The lowest BCUT2D eigenvalue weighted by atomic mass is 10.2. The Hall–Kier alpha value is -3.65. The van der Waals surface area contributed by atoms with Crippen molar-refractivity contribution in [2.24, 2.45) is 0 Å². The summed E-state index contributed by atoms with van der Waals surface area (Å²) in [7, 11) is 0. The molecule has 0 radical (unpaired) electrons. The Morgan fingerprint density at radius 3 is 2.68 bits per heavy atom. The van der Waals surface area contributed by atoms with Crippen LogP contribution >= 0.6 is 11.3 Å². The molecule has 0 spiro atoms. The van der Waals surface area contributed by atoms with Crippen molar-refractivity contribution in [3.05, 3.63) is 72.4 Å². The van der Waals surface area contributed by atoms with E-state index in [1.165, 1.54) is 0 Å². The van der Waals surface area contributed by atoms with E-state index >= 15 is 0 Å². The Labute approximate surface area is 183 Å². The molecule has 1 fully saturated rings. The van der Waals surface area contributed by atoms with Crippen LogP contribution in [-0.2, 0) is 0 Å². The lowest BCUT2D eigenvalue weighted by Gasteiger charge is -2.18. The molecule has 5 rings (SSSR count). The molecule has 1 atom stereocenters. The highest BCUT2D eigenvalue weighted by Crippen LogP contribution is 2.30. The molecule has 0 aliphatic carbocycles. The average Bonchev–Trinajstić information content (AvgIpc) is 3.45. The van der Waals surface area contributed by atoms with Crippen LogP contribution in [0.5, 0.6) is 11.5 Å². The third kappa shape index (κ3) is 4.44. The van der Waals surface area contributed by atoms with Crippen molar-refractivity contribution < 1.29 is 9.53 Å². The summed E-state index contributed by atoms with van der Waals surface area (Å²) in [5.41, 5.74) is 1.67. The molecule has 7 nitrogen and oxygen atoms in total. The quantitative estimate of drug-likeness (QED) is 0.471. The summed E-state index contributed by atoms with van der Waals surface area (Å²) in [4.78, 5) is 23.4. The smallest absolute Gasteiger partial charge is 0.319 e. The molecule has 8 heteroatoms. The molecule has 1 unspecified atom stereocenters. The summed E-state index contributed by atoms with van der Waals surface area (Å²) in [6.45, 7) is 1.57. The van der Waals surface area contributed by atoms with Crippen LogP contribution in [-0.4, -0.2) is 35.1 Å². The van der Waals surface area contributed by atoms with E-state index in [0.717, 1.165) is 41.3 Å². The monoisotopic (exact) mass is 431 g/mol. The second-order valence-electron chi connectivity index (χ2n) is 7.30. The number of nitrogens with zero attached hydrogens (tertiary/aromatic N) is 3. The second-order valence-corrected chi connectivity index (χ2v) is 8.22. The van der Waals surface area contributed by atoms with Crippen molar-refractivity contribution >= 4 is 39.1 Å². The number of hydrogen-bond donors (Lipinski definition) is 2. The van der Waals surface area contributed by atoms with Gasteiger partial charge in [-0.25, -0.2) is 14.8 Å². The first kappa shape index (κ1) is 19.3. The van der Waals surface area contributed by atoms with Gasteiger partial charge in [0.2, 0.25) is 0 Å². The van der Waals surface area contributed by atoms with Gasteiger partial charge in [0.1, 0.15) is 23.6 Å². The van der Waals surface area contributed by atoms with Crippen LogP contribution < -0.4 is 20.3 Å². The Bertz CT molecular complexity index is 1180. The van der Waals surface area contributed by atoms with Gasteiger partial charge in [-0.05, 0) is 54.3 Å². The van der Waals surface area contributed by atoms with Crippen LogP contribution in [0, 0.1) is 0 Å². The molecular weight excluding hydrogens is 410 g/mol. The molecular formula is C23H21N5O2S. The van der Waals surface area contributed by atoms with Crippen molar-refractivity contribution in [2.45, 2.75) is 12.5 Å². The van der Waals surface area contributed by atoms with E-state index in [1.54, 1.807) is 17.7 Å². The first-order valence-electron chi connectivity index (χ1n) is 10.1. The third-order valence-electron chi connectivity index (χ3n) is 5.14. The number of fused-ring (bicyclic) bond motifs is 1. The molecule has 0 bridgehead atoms. The van der Waals surface area contributed by atoms with E-state index in [4.69, 9.17) is 4.74 Å². The summed E-state index contributed by atoms with van der Waals surface area (Å²) >= 11 is 1.64. The minimum absolute atomic E-state index is 0.0608. The highest BCUT2D eigenvalue weighted by Gasteiger charge is 2.26. The number of aromatic nitrogens is 2. The summed E-state index contributed by atoms with van der Waals surface area (Å²) in [5, 5.41) is 7.98. The van der Waals surface area contributed by atoms with E-state index in [9.17, 15) is 4.79 Å². The lowest BCUT2D eigenvalue weighted by Crippen LogP contribution is -2.39. The predicted molar refractivity (Wildman–Crippen MR) is 123 cm³/mol. The fourth-order valence-corrected chi connectivity index (χ4v) is 4.52. The van der Waals surface area contributed by atoms with Gasteiger partial charge in [-0.15, -0.1) is 11.3 Å². The van der Waals surface area contributed by atoms with Gasteiger partial charge >= 0.3 is 6.03 Å². The second kappa shape index (κ2) is 8.61. The SMILES string of the molecule is O=C(Nc1ccc(Oc2ccccc2)cc1)NC1CCN(c2ncnc3ccsc23)C1. The van der Waals surface area contributed by atoms with Crippen LogP contribution in [0.3, 0.4) is 0 Å². The molecule has 4 aromatic rings. The Morgan fingerprint density at radius 2 is 1.84 bits per heavy atom. The van der Waals surface area contributed by atoms with Gasteiger partial charge in [-0.1, -0.05) is 18.2 Å². The van der Waals surface area contributed by atoms with Crippen molar-refractivity contribution in [2.75, 3.05) is 23.3 Å². The van der Waals surface area contributed by atoms with Crippen LogP contribution in [0.4, 0.5) is 16.3 Å². The normalized spacial score (nSPS) is 15.7. The minimum atomic E-state index is -0.215. The number of urea groups is 1. The average molecular weight is 432 g/mol. The molecule has 2 amide bonds. The maximum absolute atomic E-state index is 12.5. The molecule has 156 valence electrons. The van der Waals surface area contributed by atoms with E-state index in [-0.39, 0.29) is 12.1 Å². The van der Waals surface area contributed by atoms with Crippen LogP contribution in [0.2, 0.25) is 0 Å². The van der Waals surface area contributed by atoms with Gasteiger partial charge in [0.15, 0.2) is 0 Å². The van der Waals surface area contributed by atoms with Crippen molar-refractivity contribution in [1.29, 1.82) is 0 Å². The maximum atomic E-state index is 12.5. The first-order valence-corrected chi connectivity index (χ1v) is 11.0. The van der Waals surface area contributed by atoms with Gasteiger partial charge in [0.05, 0.1) is 10.2 Å². The number of anilines is 2. The number of para-hydroxylation sites is 1. The Balaban J connectivity index is 1.15. The van der Waals surface area contributed by atoms with Crippen LogP contribution in [0.25, 0.3) is 10.2 Å². The summed E-state index contributed by atoms with van der Waals surface area (Å²) < 4.78 is 6.87. The number of carbonyl (C=O) groups is 1. The zero-order valence-corrected chi connectivity index (χ0v) is 17.5. The van der Waals surface area contributed by atoms with E-state index < -0.39 is 0 Å². The lowest BCUT2D eigenvalue weighted by molar-refractivity contribution is 0.249. The third-order valence-corrected chi connectivity index (χ3v) is 6.04. The summed E-state index contributed by atoms with van der Waals surface area (Å²) in [6, 6.07) is 18.8. The number of amides is 2. The van der Waals surface area contributed by atoms with Crippen molar-refractivity contribution in [1.82, 2.24) is 15.3 Å². The molecule has 2 N–H and O–H groups in total. The number of hydrogen-bond acceptors (Lipinski definition) is 6. The molecule has 2 aromatic carbocycles. The molecule has 3 heterocycles. The standard InChI is InChI=1S/C23H21N5O2S/c29-23(26-16-6-8-19(9-7-16)30-18-4-2-1-3-5-18)27-17-10-12-28(14-17)22-21-20(11-13-31-21)24-15-25-22/h1-9,11,13,15,17H,10,12,14H2,(H2,26,27,29). The minimum Gasteiger partial charge on any atom is -0.457 e. The number of nitrogens with one attached hydrogen (secondary N) is 2. The molecule has 2 aromatic heterocycles. The topological polar surface area (TPSA) is 79.4 Å². The number of benzene rings is 2. The number of thiophene rings is 1. The fourth-order valence-electron chi connectivity index (χ4n) is 3.66. The maximum Gasteiger partial charge on any atom is 0.319 e. The zero-order chi connectivity index (χ0) is 21.0. The molecule has 1 saturated heterocycles. The van der Waals surface area contributed by atoms with Crippen LogP contribution in [0.15, 0.2) is 72.4 Å². The number of ether oxygens (including phenoxy) is 1. The summed E-state index contributed by atoms with van der Waals surface area (Å²) in [6.07, 6.45) is 2.47. The predicted octanol–water partition coefficient (Wildman–Crippen LogP) is 4.88. The highest BCUT2D eigenvalue weighted by atomic mass is 32.1. The zero-order valence-electron chi connectivity index (χ0n) is 16.7. The van der Waals surface area contributed by atoms with Crippen molar-refractivity contribution in [3.63, 3.8) is 0 Å². The summed E-state index contributed by atoms with van der Waals surface area (Å²) in [5.74, 6) is 2.43. The number of rotatable bonds is 5. The Morgan fingerprint density at radius 1 is 1.03 bits per heavy atom. The molecule has 1 aliphatic rings. The highest BCUT2D eigenvalue weighted by molar-refractivity contribution is 7.17. The van der Waals surface area contributed by atoms with Gasteiger partial charge in [0.25, 0.3) is 0 Å². The van der Waals surface area contributed by atoms with Gasteiger partial charge in [-0.3, -0.25) is 0 Å². The van der Waals surface area contributed by atoms with Gasteiger partial charge in [0, 0.05) is 24.8 Å². The molecule has 0 saturated carbocycles. The largest absolute Gasteiger partial charge is 0.457 e. The fraction of sp³-hybridized carbons (Fsp3) is 0.174. The number of carbonyl (C=O) groups excluding carboxylic acids is 1. The first-order chi connectivity index (χ1) is 15.2. The van der Waals surface area contributed by atoms with Crippen LogP contribution in [0.1, 0.15) is 6.42 Å². The van der Waals surface area contributed by atoms with E-state index in [1.807, 2.05) is 66.0 Å². The Kier molecular flexibility index (Phi) is 5.37. The molecule has 31 heavy (non-hydrogen) atoms. The van der Waals surface area contributed by atoms with Gasteiger partial charge < -0.3 is 20.3 Å². The van der Waals surface area contributed by atoms with Gasteiger partial charge in [-0.2, -0.15) is 0 Å². The van der Waals surface area contributed by atoms with Crippen molar-refractivity contribution in [3.8, 4) is 11.5 Å². The van der Waals surface area contributed by atoms with E-state index in [0.29, 0.717) is 11.4 Å².